The molecular weight excluding hydrogens is 278 g/mol. The number of thioether (sulfide) groups is 2. The van der Waals surface area contributed by atoms with Gasteiger partial charge >= 0.3 is 0 Å². The summed E-state index contributed by atoms with van der Waals surface area (Å²) in [6, 6.07) is 8.47. The molecule has 1 N–H and O–H groups in total. The smallest absolute Gasteiger partial charge is 0.232 e. The van der Waals surface area contributed by atoms with Gasteiger partial charge in [0, 0.05) is 24.3 Å². The van der Waals surface area contributed by atoms with Crippen molar-refractivity contribution in [1.29, 1.82) is 0 Å². The Hall–Kier alpha value is -0.650. The van der Waals surface area contributed by atoms with Crippen LogP contribution in [-0.2, 0) is 15.3 Å². The van der Waals surface area contributed by atoms with Crippen LogP contribution in [0.25, 0.3) is 0 Å². The van der Waals surface area contributed by atoms with Crippen molar-refractivity contribution >= 4 is 29.4 Å². The van der Waals surface area contributed by atoms with Crippen LogP contribution in [0.15, 0.2) is 29.2 Å². The van der Waals surface area contributed by atoms with Crippen LogP contribution in [0.3, 0.4) is 0 Å². The molecule has 1 amide bonds. The van der Waals surface area contributed by atoms with Crippen LogP contribution in [0.2, 0.25) is 0 Å². The summed E-state index contributed by atoms with van der Waals surface area (Å²) in [5.74, 6) is 0.927. The second-order valence-corrected chi connectivity index (χ2v) is 6.29. The Bertz CT molecular complexity index is 382. The molecule has 0 aliphatic rings. The second kappa shape index (κ2) is 9.28. The zero-order chi connectivity index (χ0) is 14.1. The van der Waals surface area contributed by atoms with Crippen molar-refractivity contribution in [3.8, 4) is 0 Å². The molecule has 1 aromatic rings. The first kappa shape index (κ1) is 16.4. The molecule has 0 saturated heterocycles. The van der Waals surface area contributed by atoms with Gasteiger partial charge in [-0.05, 0) is 30.9 Å². The number of rotatable bonds is 8. The third-order valence-electron chi connectivity index (χ3n) is 2.63. The first-order valence-corrected chi connectivity index (χ1v) is 8.46. The van der Waals surface area contributed by atoms with E-state index >= 15 is 0 Å². The zero-order valence-corrected chi connectivity index (χ0v) is 13.3. The quantitative estimate of drug-likeness (QED) is 0.592. The maximum absolute atomic E-state index is 11.7. The van der Waals surface area contributed by atoms with Gasteiger partial charge in [0.15, 0.2) is 0 Å². The predicted molar refractivity (Wildman–Crippen MR) is 83.9 cm³/mol. The molecule has 5 heteroatoms. The molecular formula is C14H21NO2S2. The maximum Gasteiger partial charge on any atom is 0.232 e. The largest absolute Gasteiger partial charge is 0.383 e. The molecule has 0 spiro atoms. The Morgan fingerprint density at radius 2 is 2.05 bits per heavy atom. The van der Waals surface area contributed by atoms with E-state index in [9.17, 15) is 4.79 Å². The SMILES string of the molecule is COCCNC(=O)[C@@H](C)SCc1ccc(SC)cc1. The van der Waals surface area contributed by atoms with Gasteiger partial charge in [-0.2, -0.15) is 0 Å². The second-order valence-electron chi connectivity index (χ2n) is 4.09. The third-order valence-corrected chi connectivity index (χ3v) is 4.59. The van der Waals surface area contributed by atoms with Crippen molar-refractivity contribution in [2.24, 2.45) is 0 Å². The van der Waals surface area contributed by atoms with Crippen molar-refractivity contribution < 1.29 is 9.53 Å². The summed E-state index contributed by atoms with van der Waals surface area (Å²) >= 11 is 3.38. The highest BCUT2D eigenvalue weighted by atomic mass is 32.2. The van der Waals surface area contributed by atoms with Crippen LogP contribution in [0.4, 0.5) is 0 Å². The van der Waals surface area contributed by atoms with Gasteiger partial charge in [-0.25, -0.2) is 0 Å². The molecule has 0 unspecified atom stereocenters. The molecule has 3 nitrogen and oxygen atoms in total. The summed E-state index contributed by atoms with van der Waals surface area (Å²) in [4.78, 5) is 13.0. The van der Waals surface area contributed by atoms with Crippen LogP contribution in [0.1, 0.15) is 12.5 Å². The molecule has 1 aromatic carbocycles. The summed E-state index contributed by atoms with van der Waals surface area (Å²) in [5, 5.41) is 2.81. The number of hydrogen-bond acceptors (Lipinski definition) is 4. The molecule has 0 radical (unpaired) electrons. The Morgan fingerprint density at radius 1 is 1.37 bits per heavy atom. The van der Waals surface area contributed by atoms with E-state index in [0.717, 1.165) is 5.75 Å². The van der Waals surface area contributed by atoms with Crippen molar-refractivity contribution in [3.05, 3.63) is 29.8 Å². The fourth-order valence-corrected chi connectivity index (χ4v) is 2.72. The van der Waals surface area contributed by atoms with E-state index in [1.807, 2.05) is 6.92 Å². The first-order valence-electron chi connectivity index (χ1n) is 6.18. The predicted octanol–water partition coefficient (Wildman–Crippen LogP) is 2.79. The fraction of sp³-hybridized carbons (Fsp3) is 0.500. The number of carbonyl (C=O) groups is 1. The van der Waals surface area contributed by atoms with Gasteiger partial charge in [-0.15, -0.1) is 23.5 Å². The number of amides is 1. The van der Waals surface area contributed by atoms with Crippen molar-refractivity contribution in [1.82, 2.24) is 5.32 Å². The highest BCUT2D eigenvalue weighted by molar-refractivity contribution is 7.99. The minimum atomic E-state index is -0.0444. The lowest BCUT2D eigenvalue weighted by molar-refractivity contribution is -0.120. The highest BCUT2D eigenvalue weighted by Crippen LogP contribution is 2.20. The lowest BCUT2D eigenvalue weighted by Crippen LogP contribution is -2.33. The first-order chi connectivity index (χ1) is 9.17. The van der Waals surface area contributed by atoms with E-state index in [-0.39, 0.29) is 11.2 Å². The van der Waals surface area contributed by atoms with E-state index in [2.05, 4.69) is 35.8 Å². The van der Waals surface area contributed by atoms with Crippen molar-refractivity contribution in [2.45, 2.75) is 22.8 Å². The monoisotopic (exact) mass is 299 g/mol. The molecule has 1 atom stereocenters. The van der Waals surface area contributed by atoms with E-state index in [1.165, 1.54) is 10.5 Å². The van der Waals surface area contributed by atoms with Crippen LogP contribution in [-0.4, -0.2) is 37.7 Å². The summed E-state index contributed by atoms with van der Waals surface area (Å²) in [6.45, 7) is 3.06. The van der Waals surface area contributed by atoms with Gasteiger partial charge < -0.3 is 10.1 Å². The van der Waals surface area contributed by atoms with E-state index in [4.69, 9.17) is 4.74 Å². The minimum Gasteiger partial charge on any atom is -0.383 e. The number of methoxy groups -OCH3 is 1. The molecule has 0 aromatic heterocycles. The Morgan fingerprint density at radius 3 is 2.63 bits per heavy atom. The number of hydrogen-bond donors (Lipinski definition) is 1. The van der Waals surface area contributed by atoms with Gasteiger partial charge in [0.25, 0.3) is 0 Å². The third kappa shape index (κ3) is 6.36. The molecule has 0 aliphatic heterocycles. The number of carbonyl (C=O) groups excluding carboxylic acids is 1. The molecule has 1 rings (SSSR count). The Labute approximate surface area is 123 Å². The molecule has 106 valence electrons. The summed E-state index contributed by atoms with van der Waals surface area (Å²) < 4.78 is 4.90. The molecule has 0 heterocycles. The molecule has 0 bridgehead atoms. The van der Waals surface area contributed by atoms with Gasteiger partial charge in [0.2, 0.25) is 5.91 Å². The number of benzene rings is 1. The van der Waals surface area contributed by atoms with Crippen LogP contribution >= 0.6 is 23.5 Å². The average molecular weight is 299 g/mol. The van der Waals surface area contributed by atoms with Crippen molar-refractivity contribution in [2.75, 3.05) is 26.5 Å². The molecule has 19 heavy (non-hydrogen) atoms. The van der Waals surface area contributed by atoms with Crippen LogP contribution < -0.4 is 5.32 Å². The summed E-state index contributed by atoms with van der Waals surface area (Å²) in [6.07, 6.45) is 2.07. The maximum atomic E-state index is 11.7. The van der Waals surface area contributed by atoms with E-state index in [0.29, 0.717) is 13.2 Å². The molecule has 0 aliphatic carbocycles. The Balaban J connectivity index is 2.32. The van der Waals surface area contributed by atoms with E-state index in [1.54, 1.807) is 30.6 Å². The van der Waals surface area contributed by atoms with E-state index < -0.39 is 0 Å². The topological polar surface area (TPSA) is 38.3 Å². The Kier molecular flexibility index (Phi) is 8.02. The molecule has 0 saturated carbocycles. The van der Waals surface area contributed by atoms with Gasteiger partial charge in [0.05, 0.1) is 11.9 Å². The standard InChI is InChI=1S/C14H21NO2S2/c1-11(14(16)15-8-9-17-2)19-10-12-4-6-13(18-3)7-5-12/h4-7,11H,8-10H2,1-3H3,(H,15,16)/t11-/m1/s1. The minimum absolute atomic E-state index is 0.0444. The number of ether oxygens (including phenoxy) is 1. The van der Waals surface area contributed by atoms with Gasteiger partial charge in [-0.3, -0.25) is 4.79 Å². The number of nitrogens with one attached hydrogen (secondary N) is 1. The lowest BCUT2D eigenvalue weighted by Gasteiger charge is -2.11. The van der Waals surface area contributed by atoms with Gasteiger partial charge in [-0.1, -0.05) is 12.1 Å². The molecule has 0 fully saturated rings. The fourth-order valence-electron chi connectivity index (χ4n) is 1.44. The van der Waals surface area contributed by atoms with Crippen LogP contribution in [0, 0.1) is 0 Å². The lowest BCUT2D eigenvalue weighted by atomic mass is 10.2. The van der Waals surface area contributed by atoms with Gasteiger partial charge in [0.1, 0.15) is 0 Å². The highest BCUT2D eigenvalue weighted by Gasteiger charge is 2.12. The van der Waals surface area contributed by atoms with Crippen molar-refractivity contribution in [3.63, 3.8) is 0 Å². The average Bonchev–Trinajstić information content (AvgIpc) is 2.45. The van der Waals surface area contributed by atoms with Crippen LogP contribution in [0.5, 0.6) is 0 Å². The summed E-state index contributed by atoms with van der Waals surface area (Å²) in [7, 11) is 1.63. The normalized spacial score (nSPS) is 12.2. The summed E-state index contributed by atoms with van der Waals surface area (Å²) in [5.41, 5.74) is 1.25. The zero-order valence-electron chi connectivity index (χ0n) is 11.6.